The van der Waals surface area contributed by atoms with Crippen molar-refractivity contribution < 1.29 is 4.39 Å². The molecule has 0 saturated heterocycles. The number of benzene rings is 1. The highest BCUT2D eigenvalue weighted by Crippen LogP contribution is 2.25. The standard InChI is InChI=1S/C9H5FINS/c10-7-3-1-6(2-4-7)9-12-5-8(11)13-9/h1-5H. The van der Waals surface area contributed by atoms with E-state index in [0.29, 0.717) is 0 Å². The molecule has 0 spiro atoms. The van der Waals surface area contributed by atoms with E-state index >= 15 is 0 Å². The minimum atomic E-state index is -0.213. The fraction of sp³-hybridized carbons (Fsp3) is 0. The van der Waals surface area contributed by atoms with E-state index in [9.17, 15) is 4.39 Å². The lowest BCUT2D eigenvalue weighted by atomic mass is 10.2. The lowest BCUT2D eigenvalue weighted by molar-refractivity contribution is 0.628. The Balaban J connectivity index is 2.41. The van der Waals surface area contributed by atoms with Crippen LogP contribution in [0.4, 0.5) is 4.39 Å². The molecule has 2 rings (SSSR count). The molecule has 0 aliphatic rings. The first kappa shape index (κ1) is 9.08. The molecule has 0 aliphatic heterocycles. The van der Waals surface area contributed by atoms with Gasteiger partial charge in [0.2, 0.25) is 0 Å². The second-order valence-corrected chi connectivity index (χ2v) is 5.40. The van der Waals surface area contributed by atoms with Gasteiger partial charge in [-0.3, -0.25) is 0 Å². The molecule has 1 heterocycles. The predicted octanol–water partition coefficient (Wildman–Crippen LogP) is 3.55. The number of aromatic nitrogens is 1. The summed E-state index contributed by atoms with van der Waals surface area (Å²) < 4.78 is 13.7. The van der Waals surface area contributed by atoms with E-state index in [1.54, 1.807) is 23.5 Å². The van der Waals surface area contributed by atoms with Gasteiger partial charge in [-0.15, -0.1) is 11.3 Å². The molecule has 1 nitrogen and oxygen atoms in total. The van der Waals surface area contributed by atoms with Gasteiger partial charge in [-0.05, 0) is 46.9 Å². The molecule has 0 radical (unpaired) electrons. The zero-order valence-corrected chi connectivity index (χ0v) is 9.47. The Morgan fingerprint density at radius 1 is 1.23 bits per heavy atom. The minimum Gasteiger partial charge on any atom is -0.243 e. The third-order valence-electron chi connectivity index (χ3n) is 1.57. The van der Waals surface area contributed by atoms with Crippen molar-refractivity contribution in [2.24, 2.45) is 0 Å². The zero-order chi connectivity index (χ0) is 9.26. The lowest BCUT2D eigenvalue weighted by Crippen LogP contribution is -1.76. The monoisotopic (exact) mass is 305 g/mol. The van der Waals surface area contributed by atoms with Gasteiger partial charge in [0.25, 0.3) is 0 Å². The van der Waals surface area contributed by atoms with Crippen LogP contribution in [0, 0.1) is 8.70 Å². The summed E-state index contributed by atoms with van der Waals surface area (Å²) in [5.74, 6) is -0.213. The van der Waals surface area contributed by atoms with Crippen molar-refractivity contribution in [3.63, 3.8) is 0 Å². The van der Waals surface area contributed by atoms with Crippen LogP contribution in [0.5, 0.6) is 0 Å². The van der Waals surface area contributed by atoms with Gasteiger partial charge in [-0.25, -0.2) is 9.37 Å². The second-order valence-electron chi connectivity index (χ2n) is 2.48. The quantitative estimate of drug-likeness (QED) is 0.734. The van der Waals surface area contributed by atoms with Gasteiger partial charge in [0.15, 0.2) is 0 Å². The maximum Gasteiger partial charge on any atom is 0.124 e. The number of thiazole rings is 1. The highest BCUT2D eigenvalue weighted by Gasteiger charge is 2.02. The molecule has 0 N–H and O–H groups in total. The van der Waals surface area contributed by atoms with Crippen LogP contribution < -0.4 is 0 Å². The average molecular weight is 305 g/mol. The van der Waals surface area contributed by atoms with E-state index in [2.05, 4.69) is 27.6 Å². The Kier molecular flexibility index (Phi) is 2.59. The van der Waals surface area contributed by atoms with E-state index in [1.807, 2.05) is 6.20 Å². The van der Waals surface area contributed by atoms with E-state index < -0.39 is 0 Å². The van der Waals surface area contributed by atoms with E-state index in [1.165, 1.54) is 12.1 Å². The highest BCUT2D eigenvalue weighted by atomic mass is 127. The second kappa shape index (κ2) is 3.71. The molecule has 1 aromatic heterocycles. The lowest BCUT2D eigenvalue weighted by Gasteiger charge is -1.93. The molecule has 66 valence electrons. The van der Waals surface area contributed by atoms with E-state index in [-0.39, 0.29) is 5.82 Å². The summed E-state index contributed by atoms with van der Waals surface area (Å²) in [4.78, 5) is 4.20. The van der Waals surface area contributed by atoms with Crippen LogP contribution in [0.2, 0.25) is 0 Å². The van der Waals surface area contributed by atoms with Crippen molar-refractivity contribution in [2.75, 3.05) is 0 Å². The number of nitrogens with zero attached hydrogens (tertiary/aromatic N) is 1. The molecule has 0 saturated carbocycles. The smallest absolute Gasteiger partial charge is 0.124 e. The largest absolute Gasteiger partial charge is 0.243 e. The first-order chi connectivity index (χ1) is 6.25. The van der Waals surface area contributed by atoms with Crippen LogP contribution in [0.15, 0.2) is 30.5 Å². The number of hydrogen-bond acceptors (Lipinski definition) is 2. The Hall–Kier alpha value is -0.490. The third kappa shape index (κ3) is 2.05. The molecule has 0 bridgehead atoms. The fourth-order valence-corrected chi connectivity index (χ4v) is 2.39. The Labute approximate surface area is 92.8 Å². The van der Waals surface area contributed by atoms with Gasteiger partial charge in [0.1, 0.15) is 10.8 Å². The van der Waals surface area contributed by atoms with Crippen molar-refractivity contribution in [3.8, 4) is 10.6 Å². The van der Waals surface area contributed by atoms with Crippen molar-refractivity contribution in [3.05, 3.63) is 39.2 Å². The Morgan fingerprint density at radius 3 is 2.46 bits per heavy atom. The summed E-state index contributed by atoms with van der Waals surface area (Å²) >= 11 is 3.82. The van der Waals surface area contributed by atoms with Gasteiger partial charge in [-0.1, -0.05) is 0 Å². The van der Waals surface area contributed by atoms with E-state index in [4.69, 9.17) is 0 Å². The Bertz CT molecular complexity index is 410. The summed E-state index contributed by atoms with van der Waals surface area (Å²) in [6, 6.07) is 6.38. The molecule has 2 aromatic rings. The van der Waals surface area contributed by atoms with Crippen LogP contribution in [-0.4, -0.2) is 4.98 Å². The van der Waals surface area contributed by atoms with Gasteiger partial charge < -0.3 is 0 Å². The van der Waals surface area contributed by atoms with Crippen LogP contribution in [0.1, 0.15) is 0 Å². The Morgan fingerprint density at radius 2 is 1.92 bits per heavy atom. The summed E-state index contributed by atoms with van der Waals surface area (Å²) in [5, 5.41) is 0.935. The summed E-state index contributed by atoms with van der Waals surface area (Å²) in [7, 11) is 0. The van der Waals surface area contributed by atoms with Crippen molar-refractivity contribution >= 4 is 33.9 Å². The fourth-order valence-electron chi connectivity index (χ4n) is 0.980. The minimum absolute atomic E-state index is 0.213. The molecule has 0 amide bonds. The molecule has 13 heavy (non-hydrogen) atoms. The molecule has 0 atom stereocenters. The van der Waals surface area contributed by atoms with Gasteiger partial charge in [0, 0.05) is 5.56 Å². The molecule has 1 aromatic carbocycles. The molecular weight excluding hydrogens is 300 g/mol. The van der Waals surface area contributed by atoms with Crippen molar-refractivity contribution in [2.45, 2.75) is 0 Å². The normalized spacial score (nSPS) is 10.3. The summed E-state index contributed by atoms with van der Waals surface area (Å²) in [5.41, 5.74) is 0.967. The third-order valence-corrected chi connectivity index (χ3v) is 3.34. The predicted molar refractivity (Wildman–Crippen MR) is 60.2 cm³/mol. The maximum absolute atomic E-state index is 12.6. The van der Waals surface area contributed by atoms with E-state index in [0.717, 1.165) is 13.5 Å². The highest BCUT2D eigenvalue weighted by molar-refractivity contribution is 14.1. The molecule has 4 heteroatoms. The van der Waals surface area contributed by atoms with Gasteiger partial charge >= 0.3 is 0 Å². The molecule has 0 fully saturated rings. The van der Waals surface area contributed by atoms with Crippen LogP contribution >= 0.6 is 33.9 Å². The zero-order valence-electron chi connectivity index (χ0n) is 6.50. The van der Waals surface area contributed by atoms with Gasteiger partial charge in [-0.2, -0.15) is 0 Å². The summed E-state index contributed by atoms with van der Waals surface area (Å²) in [6.45, 7) is 0. The van der Waals surface area contributed by atoms with Crippen LogP contribution in [0.25, 0.3) is 10.6 Å². The topological polar surface area (TPSA) is 12.9 Å². The molecule has 0 unspecified atom stereocenters. The average Bonchev–Trinajstić information content (AvgIpc) is 2.53. The molecule has 0 aliphatic carbocycles. The summed E-state index contributed by atoms with van der Waals surface area (Å²) in [6.07, 6.45) is 1.81. The first-order valence-electron chi connectivity index (χ1n) is 3.63. The first-order valence-corrected chi connectivity index (χ1v) is 5.52. The van der Waals surface area contributed by atoms with Crippen molar-refractivity contribution in [1.82, 2.24) is 4.98 Å². The maximum atomic E-state index is 12.6. The molecular formula is C9H5FINS. The van der Waals surface area contributed by atoms with Crippen molar-refractivity contribution in [1.29, 1.82) is 0 Å². The number of rotatable bonds is 1. The number of hydrogen-bond donors (Lipinski definition) is 0. The van der Waals surface area contributed by atoms with Crippen LogP contribution in [0.3, 0.4) is 0 Å². The van der Waals surface area contributed by atoms with Gasteiger partial charge in [0.05, 0.1) is 9.08 Å². The number of halogens is 2. The van der Waals surface area contributed by atoms with Crippen LogP contribution in [-0.2, 0) is 0 Å². The SMILES string of the molecule is Fc1ccc(-c2ncc(I)s2)cc1.